The van der Waals surface area contributed by atoms with E-state index >= 15 is 0 Å². The van der Waals surface area contributed by atoms with Gasteiger partial charge in [-0.15, -0.1) is 0 Å². The number of amides is 1. The Morgan fingerprint density at radius 1 is 1.20 bits per heavy atom. The number of rotatable bonds is 2. The maximum absolute atomic E-state index is 12.3. The van der Waals surface area contributed by atoms with Crippen LogP contribution in [0.5, 0.6) is 5.75 Å². The van der Waals surface area contributed by atoms with E-state index in [9.17, 15) is 9.90 Å². The molecule has 1 heterocycles. The zero-order valence-corrected chi connectivity index (χ0v) is 10.6. The van der Waals surface area contributed by atoms with Gasteiger partial charge in [-0.05, 0) is 30.3 Å². The molecule has 0 saturated carbocycles. The van der Waals surface area contributed by atoms with Gasteiger partial charge in [0.05, 0.1) is 5.56 Å². The molecule has 2 aromatic carbocycles. The number of carbonyl (C=O) groups is 1. The standard InChI is InChI=1S/C15H13N3O2/c16-9-4-5-14-12(6-9)13(8-17-14)15(20)18-10-2-1-3-11(19)7-10/h1-8,17,19H,16H2,(H,18,20). The van der Waals surface area contributed by atoms with E-state index in [0.29, 0.717) is 16.9 Å². The third-order valence-electron chi connectivity index (χ3n) is 3.05. The second kappa shape index (κ2) is 4.62. The van der Waals surface area contributed by atoms with E-state index in [2.05, 4.69) is 10.3 Å². The molecular formula is C15H13N3O2. The minimum atomic E-state index is -0.257. The van der Waals surface area contributed by atoms with Gasteiger partial charge in [-0.1, -0.05) is 6.07 Å². The SMILES string of the molecule is Nc1ccc2[nH]cc(C(=O)Nc3cccc(O)c3)c2c1. The first-order valence-electron chi connectivity index (χ1n) is 6.10. The lowest BCUT2D eigenvalue weighted by Gasteiger charge is -2.05. The van der Waals surface area contributed by atoms with E-state index in [0.717, 1.165) is 10.9 Å². The molecule has 0 spiro atoms. The molecule has 0 unspecified atom stereocenters. The third kappa shape index (κ3) is 2.16. The van der Waals surface area contributed by atoms with Crippen LogP contribution in [0.2, 0.25) is 0 Å². The molecule has 0 aliphatic heterocycles. The zero-order valence-electron chi connectivity index (χ0n) is 10.6. The minimum Gasteiger partial charge on any atom is -0.508 e. The van der Waals surface area contributed by atoms with E-state index in [4.69, 9.17) is 5.73 Å². The van der Waals surface area contributed by atoms with Gasteiger partial charge in [0.2, 0.25) is 0 Å². The van der Waals surface area contributed by atoms with Crippen LogP contribution in [-0.2, 0) is 0 Å². The van der Waals surface area contributed by atoms with Crippen molar-refractivity contribution in [1.29, 1.82) is 0 Å². The highest BCUT2D eigenvalue weighted by Gasteiger charge is 2.12. The van der Waals surface area contributed by atoms with Gasteiger partial charge in [-0.3, -0.25) is 4.79 Å². The number of nitrogens with one attached hydrogen (secondary N) is 2. The number of anilines is 2. The molecule has 0 aliphatic rings. The molecule has 0 aliphatic carbocycles. The molecule has 0 saturated heterocycles. The summed E-state index contributed by atoms with van der Waals surface area (Å²) in [5.41, 5.74) is 8.24. The van der Waals surface area contributed by atoms with Gasteiger partial charge in [-0.25, -0.2) is 0 Å². The number of H-pyrrole nitrogens is 1. The van der Waals surface area contributed by atoms with Crippen molar-refractivity contribution in [2.75, 3.05) is 11.1 Å². The first-order valence-corrected chi connectivity index (χ1v) is 6.10. The van der Waals surface area contributed by atoms with Gasteiger partial charge < -0.3 is 21.1 Å². The van der Waals surface area contributed by atoms with Crippen molar-refractivity contribution in [2.24, 2.45) is 0 Å². The summed E-state index contributed by atoms with van der Waals surface area (Å²) in [6, 6.07) is 11.8. The van der Waals surface area contributed by atoms with E-state index in [1.54, 1.807) is 36.5 Å². The van der Waals surface area contributed by atoms with Crippen LogP contribution in [0.25, 0.3) is 10.9 Å². The number of hydrogen-bond acceptors (Lipinski definition) is 3. The fraction of sp³-hybridized carbons (Fsp3) is 0. The van der Waals surface area contributed by atoms with E-state index < -0.39 is 0 Å². The van der Waals surface area contributed by atoms with Gasteiger partial charge in [0.1, 0.15) is 5.75 Å². The lowest BCUT2D eigenvalue weighted by Crippen LogP contribution is -2.11. The Morgan fingerprint density at radius 2 is 2.05 bits per heavy atom. The molecule has 1 amide bonds. The summed E-state index contributed by atoms with van der Waals surface area (Å²) in [5.74, 6) is -0.154. The van der Waals surface area contributed by atoms with Crippen LogP contribution in [0.1, 0.15) is 10.4 Å². The average molecular weight is 267 g/mol. The normalized spacial score (nSPS) is 10.6. The second-order valence-corrected chi connectivity index (χ2v) is 4.51. The first-order chi connectivity index (χ1) is 9.63. The quantitative estimate of drug-likeness (QED) is 0.538. The van der Waals surface area contributed by atoms with Crippen LogP contribution in [0.15, 0.2) is 48.7 Å². The predicted octanol–water partition coefficient (Wildman–Crippen LogP) is 2.71. The molecule has 100 valence electrons. The molecule has 1 aromatic heterocycles. The van der Waals surface area contributed by atoms with E-state index in [-0.39, 0.29) is 11.7 Å². The highest BCUT2D eigenvalue weighted by Crippen LogP contribution is 2.22. The van der Waals surface area contributed by atoms with Crippen LogP contribution in [-0.4, -0.2) is 16.0 Å². The number of fused-ring (bicyclic) bond motifs is 1. The molecule has 3 aromatic rings. The fourth-order valence-electron chi connectivity index (χ4n) is 2.11. The lowest BCUT2D eigenvalue weighted by atomic mass is 10.1. The van der Waals surface area contributed by atoms with Crippen molar-refractivity contribution < 1.29 is 9.90 Å². The smallest absolute Gasteiger partial charge is 0.257 e. The van der Waals surface area contributed by atoms with Crippen molar-refractivity contribution in [3.63, 3.8) is 0 Å². The van der Waals surface area contributed by atoms with Crippen molar-refractivity contribution in [2.45, 2.75) is 0 Å². The summed E-state index contributed by atoms with van der Waals surface area (Å²) in [6.45, 7) is 0. The molecule has 5 nitrogen and oxygen atoms in total. The molecule has 0 radical (unpaired) electrons. The maximum Gasteiger partial charge on any atom is 0.257 e. The van der Waals surface area contributed by atoms with Crippen molar-refractivity contribution in [1.82, 2.24) is 4.98 Å². The van der Waals surface area contributed by atoms with Gasteiger partial charge >= 0.3 is 0 Å². The molecule has 0 fully saturated rings. The molecular weight excluding hydrogens is 254 g/mol. The highest BCUT2D eigenvalue weighted by molar-refractivity contribution is 6.13. The van der Waals surface area contributed by atoms with Gasteiger partial charge in [0.25, 0.3) is 5.91 Å². The van der Waals surface area contributed by atoms with Crippen LogP contribution >= 0.6 is 0 Å². The molecule has 5 N–H and O–H groups in total. The number of benzene rings is 2. The Balaban J connectivity index is 1.94. The zero-order chi connectivity index (χ0) is 14.1. The average Bonchev–Trinajstić information content (AvgIpc) is 2.81. The molecule has 5 heteroatoms. The molecule has 0 bridgehead atoms. The monoisotopic (exact) mass is 267 g/mol. The van der Waals surface area contributed by atoms with Crippen molar-refractivity contribution >= 4 is 28.2 Å². The van der Waals surface area contributed by atoms with Crippen molar-refractivity contribution in [3.05, 3.63) is 54.2 Å². The summed E-state index contributed by atoms with van der Waals surface area (Å²) >= 11 is 0. The van der Waals surface area contributed by atoms with Crippen LogP contribution < -0.4 is 11.1 Å². The van der Waals surface area contributed by atoms with Gasteiger partial charge in [0.15, 0.2) is 0 Å². The van der Waals surface area contributed by atoms with Crippen LogP contribution in [0.3, 0.4) is 0 Å². The number of phenols is 1. The number of nitrogens with two attached hydrogens (primary N) is 1. The Morgan fingerprint density at radius 3 is 2.85 bits per heavy atom. The summed E-state index contributed by atoms with van der Waals surface area (Å²) < 4.78 is 0. The largest absolute Gasteiger partial charge is 0.508 e. The lowest BCUT2D eigenvalue weighted by molar-refractivity contribution is 0.102. The second-order valence-electron chi connectivity index (χ2n) is 4.51. The van der Waals surface area contributed by atoms with Crippen LogP contribution in [0, 0.1) is 0 Å². The summed E-state index contributed by atoms with van der Waals surface area (Å²) in [5, 5.41) is 12.9. The fourth-order valence-corrected chi connectivity index (χ4v) is 2.11. The number of hydrogen-bond donors (Lipinski definition) is 4. The molecule has 20 heavy (non-hydrogen) atoms. The van der Waals surface area contributed by atoms with Gasteiger partial charge in [-0.2, -0.15) is 0 Å². The molecule has 3 rings (SSSR count). The predicted molar refractivity (Wildman–Crippen MR) is 78.8 cm³/mol. The Hall–Kier alpha value is -2.95. The van der Waals surface area contributed by atoms with Crippen LogP contribution in [0.4, 0.5) is 11.4 Å². The molecule has 0 atom stereocenters. The van der Waals surface area contributed by atoms with Gasteiger partial charge in [0, 0.05) is 34.5 Å². The number of phenolic OH excluding ortho intramolecular Hbond substituents is 1. The Bertz CT molecular complexity index is 793. The summed E-state index contributed by atoms with van der Waals surface area (Å²) in [6.07, 6.45) is 1.64. The number of nitrogen functional groups attached to an aromatic ring is 1. The summed E-state index contributed by atoms with van der Waals surface area (Å²) in [7, 11) is 0. The maximum atomic E-state index is 12.3. The van der Waals surface area contributed by atoms with Crippen molar-refractivity contribution in [3.8, 4) is 5.75 Å². The number of carbonyl (C=O) groups excluding carboxylic acids is 1. The number of aromatic hydroxyl groups is 1. The highest BCUT2D eigenvalue weighted by atomic mass is 16.3. The Kier molecular flexibility index (Phi) is 2.80. The minimum absolute atomic E-state index is 0.103. The van der Waals surface area contributed by atoms with E-state index in [1.165, 1.54) is 6.07 Å². The third-order valence-corrected chi connectivity index (χ3v) is 3.05. The Labute approximate surface area is 115 Å². The first kappa shape index (κ1) is 12.1. The number of aromatic nitrogens is 1. The topological polar surface area (TPSA) is 91.1 Å². The van der Waals surface area contributed by atoms with E-state index in [1.807, 2.05) is 6.07 Å². The number of aromatic amines is 1. The summed E-state index contributed by atoms with van der Waals surface area (Å²) in [4.78, 5) is 15.3.